The lowest BCUT2D eigenvalue weighted by atomic mass is 9.38. The highest BCUT2D eigenvalue weighted by atomic mass is 16.3. The molecule has 0 aromatic heterocycles. The molecule has 4 aliphatic carbocycles. The summed E-state index contributed by atoms with van der Waals surface area (Å²) in [6.07, 6.45) is 22.0. The molecule has 8 nitrogen and oxygen atoms in total. The van der Waals surface area contributed by atoms with Crippen LogP contribution in [0.4, 0.5) is 0 Å². The van der Waals surface area contributed by atoms with Crippen molar-refractivity contribution >= 4 is 34.7 Å². The largest absolute Gasteiger partial charge is 0.511 e. The highest BCUT2D eigenvalue weighted by molar-refractivity contribution is 6.34. The van der Waals surface area contributed by atoms with Crippen LogP contribution in [0, 0.1) is 56.2 Å². The van der Waals surface area contributed by atoms with Gasteiger partial charge in [-0.2, -0.15) is 0 Å². The average Bonchev–Trinajstić information content (AvgIpc) is 3.32. The van der Waals surface area contributed by atoms with Gasteiger partial charge in [0.2, 0.25) is 0 Å². The third-order valence-corrected chi connectivity index (χ3v) is 18.0. The molecule has 0 spiro atoms. The van der Waals surface area contributed by atoms with Gasteiger partial charge in [-0.25, -0.2) is 0 Å². The number of rotatable bonds is 22. The lowest BCUT2D eigenvalue weighted by molar-refractivity contribution is -0.182. The van der Waals surface area contributed by atoms with Gasteiger partial charge in [-0.15, -0.1) is 0 Å². The van der Waals surface area contributed by atoms with E-state index in [9.17, 15) is 39.0 Å². The van der Waals surface area contributed by atoms with Gasteiger partial charge in [0.15, 0.2) is 45.5 Å². The zero-order valence-corrected chi connectivity index (χ0v) is 52.8. The average molecular weight is 1070 g/mol. The second-order valence-electron chi connectivity index (χ2n) is 26.9. The van der Waals surface area contributed by atoms with Gasteiger partial charge in [0.05, 0.1) is 10.8 Å². The first kappa shape index (κ1) is 67.3. The molecule has 0 heterocycles. The number of carbonyl (C=O) groups excluding carboxylic acids is 6. The molecule has 2 unspecified atom stereocenters. The maximum atomic E-state index is 15.0. The Morgan fingerprint density at radius 2 is 0.718 bits per heavy atom. The molecule has 4 aliphatic rings. The van der Waals surface area contributed by atoms with Gasteiger partial charge in [0, 0.05) is 23.0 Å². The second kappa shape index (κ2) is 26.5. The minimum atomic E-state index is -1.83. The molecule has 432 valence electrons. The van der Waals surface area contributed by atoms with Crippen LogP contribution in [0.5, 0.6) is 0 Å². The first-order chi connectivity index (χ1) is 36.0. The summed E-state index contributed by atoms with van der Waals surface area (Å²) in [7, 11) is 0. The zero-order chi connectivity index (χ0) is 59.8. The second-order valence-corrected chi connectivity index (χ2v) is 26.9. The monoisotopic (exact) mass is 1070 g/mol. The summed E-state index contributed by atoms with van der Waals surface area (Å²) < 4.78 is 0. The van der Waals surface area contributed by atoms with E-state index in [2.05, 4.69) is 24.3 Å². The molecule has 0 aromatic rings. The Morgan fingerprint density at radius 1 is 0.449 bits per heavy atom. The molecular formula is C70H104O8. The van der Waals surface area contributed by atoms with Gasteiger partial charge in [-0.05, 0) is 210 Å². The number of allylic oxidation sites excluding steroid dienone is 20. The standard InChI is InChI=1S/2C35H52O4/c2*1-22(2)13-12-19-33(11)27(16-14-23(3)4)21-34(20-18-25(7)8)30(37)28(17-15-24(5)6)31(38)35(33,32(34)39)29(36)26(9)10/h2*13-15,18,26-27,37H,12,16-17,19-21H2,1-11H3/t2*27-,33-,34?,35+/m11/s1. The molecule has 0 radical (unpaired) electrons. The lowest BCUT2D eigenvalue weighted by Gasteiger charge is -2.61. The Hall–Kier alpha value is -4.98. The molecule has 2 saturated carbocycles. The zero-order valence-electron chi connectivity index (χ0n) is 52.8. The molecule has 8 heteroatoms. The predicted octanol–water partition coefficient (Wildman–Crippen LogP) is 18.0. The smallest absolute Gasteiger partial charge is 0.184 e. The summed E-state index contributed by atoms with van der Waals surface area (Å²) in [5.74, 6) is -3.85. The Balaban J connectivity index is 0.000000410. The van der Waals surface area contributed by atoms with Crippen molar-refractivity contribution in [3.63, 3.8) is 0 Å². The fourth-order valence-corrected chi connectivity index (χ4v) is 13.4. The van der Waals surface area contributed by atoms with Gasteiger partial charge < -0.3 is 10.2 Å². The van der Waals surface area contributed by atoms with E-state index >= 15 is 0 Å². The van der Waals surface area contributed by atoms with Crippen LogP contribution in [-0.4, -0.2) is 44.9 Å². The molecule has 0 saturated heterocycles. The van der Waals surface area contributed by atoms with E-state index in [1.165, 1.54) is 11.1 Å². The third-order valence-electron chi connectivity index (χ3n) is 18.0. The number of hydrogen-bond acceptors (Lipinski definition) is 8. The van der Waals surface area contributed by atoms with Crippen molar-refractivity contribution in [2.45, 2.75) is 229 Å². The normalized spacial score (nSPS) is 28.3. The summed E-state index contributed by atoms with van der Waals surface area (Å²) >= 11 is 0. The first-order valence-corrected chi connectivity index (χ1v) is 29.2. The number of fused-ring (bicyclic) bond motifs is 4. The van der Waals surface area contributed by atoms with Crippen LogP contribution < -0.4 is 0 Å². The predicted molar refractivity (Wildman–Crippen MR) is 323 cm³/mol. The van der Waals surface area contributed by atoms with Crippen LogP contribution in [-0.2, 0) is 28.8 Å². The van der Waals surface area contributed by atoms with Crippen molar-refractivity contribution in [2.75, 3.05) is 0 Å². The topological polar surface area (TPSA) is 143 Å². The Labute approximate surface area is 473 Å². The van der Waals surface area contributed by atoms with Gasteiger partial charge >= 0.3 is 0 Å². The van der Waals surface area contributed by atoms with E-state index in [0.29, 0.717) is 51.4 Å². The van der Waals surface area contributed by atoms with E-state index in [1.54, 1.807) is 27.7 Å². The summed E-state index contributed by atoms with van der Waals surface area (Å²) in [5.41, 5.74) is 1.17. The van der Waals surface area contributed by atoms with Crippen LogP contribution in [0.3, 0.4) is 0 Å². The van der Waals surface area contributed by atoms with Crippen molar-refractivity contribution in [1.82, 2.24) is 0 Å². The highest BCUT2D eigenvalue weighted by Crippen LogP contribution is 2.69. The van der Waals surface area contributed by atoms with Crippen LogP contribution in [0.1, 0.15) is 229 Å². The minimum absolute atomic E-state index is 0.117. The van der Waals surface area contributed by atoms with Crippen molar-refractivity contribution < 1.29 is 39.0 Å². The van der Waals surface area contributed by atoms with E-state index in [4.69, 9.17) is 0 Å². The van der Waals surface area contributed by atoms with E-state index in [0.717, 1.165) is 33.4 Å². The molecule has 2 N–H and O–H groups in total. The maximum Gasteiger partial charge on any atom is 0.184 e. The highest BCUT2D eigenvalue weighted by Gasteiger charge is 2.77. The van der Waals surface area contributed by atoms with Crippen LogP contribution in [0.15, 0.2) is 116 Å². The number of carbonyl (C=O) groups is 6. The fourth-order valence-electron chi connectivity index (χ4n) is 13.4. The molecule has 78 heavy (non-hydrogen) atoms. The Bertz CT molecular complexity index is 2460. The fraction of sp³-hybridized carbons (Fsp3) is 0.629. The van der Waals surface area contributed by atoms with Crippen molar-refractivity contribution in [1.29, 1.82) is 0 Å². The number of ketones is 6. The van der Waals surface area contributed by atoms with Crippen molar-refractivity contribution in [3.8, 4) is 0 Å². The van der Waals surface area contributed by atoms with Crippen LogP contribution in [0.2, 0.25) is 0 Å². The minimum Gasteiger partial charge on any atom is -0.511 e. The Morgan fingerprint density at radius 3 is 0.962 bits per heavy atom. The lowest BCUT2D eigenvalue weighted by Crippen LogP contribution is -2.71. The first-order valence-electron chi connectivity index (χ1n) is 29.2. The molecule has 2 fully saturated rings. The van der Waals surface area contributed by atoms with Crippen molar-refractivity contribution in [2.24, 2.45) is 56.2 Å². The van der Waals surface area contributed by atoms with Gasteiger partial charge in [0.25, 0.3) is 0 Å². The third kappa shape index (κ3) is 12.8. The van der Waals surface area contributed by atoms with Gasteiger partial charge in [0.1, 0.15) is 11.5 Å². The summed E-state index contributed by atoms with van der Waals surface area (Å²) in [6.45, 7) is 43.2. The molecular weight excluding hydrogens is 969 g/mol. The molecule has 0 amide bonds. The number of hydrogen-bond donors (Lipinski definition) is 2. The summed E-state index contributed by atoms with van der Waals surface area (Å²) in [6, 6.07) is 0. The number of Topliss-reactive ketones (excluding diaryl/α,β-unsaturated/α-hetero) is 6. The van der Waals surface area contributed by atoms with E-state index in [1.807, 2.05) is 149 Å². The molecule has 0 aliphatic heterocycles. The summed E-state index contributed by atoms with van der Waals surface area (Å²) in [5, 5.41) is 23.8. The maximum absolute atomic E-state index is 15.0. The van der Waals surface area contributed by atoms with Crippen LogP contribution >= 0.6 is 0 Å². The van der Waals surface area contributed by atoms with Gasteiger partial charge in [-0.1, -0.05) is 135 Å². The quantitative estimate of drug-likeness (QED) is 0.0806. The number of aliphatic hydroxyl groups excluding tert-OH is 2. The van der Waals surface area contributed by atoms with Gasteiger partial charge in [-0.3, -0.25) is 28.8 Å². The van der Waals surface area contributed by atoms with E-state index < -0.39 is 55.9 Å². The van der Waals surface area contributed by atoms with E-state index in [-0.39, 0.29) is 83.3 Å². The SMILES string of the molecule is CC(C)=CCC[C@]1(C)[C@H](CC=C(C)C)CC2(CC=C(C)C)C(=O)[C@]1(C(=O)C(C)C)C(=O)C(CC=C(C)C)=C2O.CC(C)=CCC[C@]1(C)[C@H](CC=C(C)C)CC2(CC=C(C)C)C(=O)[C@]1(C(=O)C(C)C)C(=O)C(CC=C(C)C)=C2O. The molecule has 0 aromatic carbocycles. The molecule has 4 bridgehead atoms. The Kier molecular flexibility index (Phi) is 22.9. The molecule has 8 atom stereocenters. The molecule has 4 rings (SSSR count). The summed E-state index contributed by atoms with van der Waals surface area (Å²) in [4.78, 5) is 88.6. The van der Waals surface area contributed by atoms with Crippen molar-refractivity contribution in [3.05, 3.63) is 116 Å². The van der Waals surface area contributed by atoms with Crippen LogP contribution in [0.25, 0.3) is 0 Å². The number of aliphatic hydroxyl groups is 2.